The largest absolute Gasteiger partial charge is 0.493 e. The van der Waals surface area contributed by atoms with Gasteiger partial charge in [0, 0.05) is 18.0 Å². The summed E-state index contributed by atoms with van der Waals surface area (Å²) in [5.41, 5.74) is 2.13. The highest BCUT2D eigenvalue weighted by Gasteiger charge is 2.03. The Hall–Kier alpha value is -1.61. The predicted octanol–water partition coefficient (Wildman–Crippen LogP) is 2.78. The van der Waals surface area contributed by atoms with Crippen LogP contribution in [0.25, 0.3) is 10.9 Å². The van der Waals surface area contributed by atoms with Gasteiger partial charge in [0.15, 0.2) is 0 Å². The van der Waals surface area contributed by atoms with Crippen molar-refractivity contribution in [1.29, 1.82) is 0 Å². The predicted molar refractivity (Wildman–Crippen MR) is 70.0 cm³/mol. The highest BCUT2D eigenvalue weighted by molar-refractivity contribution is 5.79. The van der Waals surface area contributed by atoms with Gasteiger partial charge < -0.3 is 5.11 Å². The molecule has 0 amide bonds. The van der Waals surface area contributed by atoms with Crippen LogP contribution in [0.5, 0.6) is 5.88 Å². The minimum atomic E-state index is 0.0778. The summed E-state index contributed by atoms with van der Waals surface area (Å²) < 4.78 is 0. The van der Waals surface area contributed by atoms with Crippen LogP contribution >= 0.6 is 0 Å². The molecule has 0 aliphatic rings. The molecule has 2 rings (SSSR count). The van der Waals surface area contributed by atoms with Crippen molar-refractivity contribution >= 4 is 10.9 Å². The first-order valence-electron chi connectivity index (χ1n) is 6.04. The van der Waals surface area contributed by atoms with Crippen LogP contribution in [0, 0.1) is 0 Å². The summed E-state index contributed by atoms with van der Waals surface area (Å²) >= 11 is 0. The highest BCUT2D eigenvalue weighted by Crippen LogP contribution is 2.18. The molecule has 0 saturated heterocycles. The Bertz CT molecular complexity index is 507. The Kier molecular flexibility index (Phi) is 3.59. The summed E-state index contributed by atoms with van der Waals surface area (Å²) in [6, 6.07) is 9.72. The van der Waals surface area contributed by atoms with Gasteiger partial charge in [-0.3, -0.25) is 4.90 Å². The molecule has 1 aromatic heterocycles. The third kappa shape index (κ3) is 2.74. The minimum absolute atomic E-state index is 0.0778. The first kappa shape index (κ1) is 11.9. The van der Waals surface area contributed by atoms with E-state index >= 15 is 0 Å². The smallest absolute Gasteiger partial charge is 0.211 e. The molecule has 2 aromatic rings. The van der Waals surface area contributed by atoms with E-state index in [0.717, 1.165) is 30.5 Å². The van der Waals surface area contributed by atoms with Crippen molar-refractivity contribution in [3.8, 4) is 5.88 Å². The molecule has 3 nitrogen and oxygen atoms in total. The van der Waals surface area contributed by atoms with Crippen molar-refractivity contribution in [2.75, 3.05) is 13.1 Å². The Morgan fingerprint density at radius 2 is 1.88 bits per heavy atom. The number of fused-ring (bicyclic) bond motifs is 1. The molecule has 0 bridgehead atoms. The average Bonchev–Trinajstić information content (AvgIpc) is 2.36. The lowest BCUT2D eigenvalue weighted by Crippen LogP contribution is -2.21. The molecule has 0 aliphatic carbocycles. The van der Waals surface area contributed by atoms with E-state index in [0.29, 0.717) is 0 Å². The molecule has 1 N–H and O–H groups in total. The second-order valence-electron chi connectivity index (χ2n) is 4.16. The van der Waals surface area contributed by atoms with Crippen LogP contribution in [-0.4, -0.2) is 28.1 Å². The highest BCUT2D eigenvalue weighted by atomic mass is 16.3. The van der Waals surface area contributed by atoms with Crippen LogP contribution in [0.4, 0.5) is 0 Å². The molecule has 0 radical (unpaired) electrons. The molecule has 0 atom stereocenters. The summed E-state index contributed by atoms with van der Waals surface area (Å²) in [5, 5.41) is 10.4. The number of pyridine rings is 1. The van der Waals surface area contributed by atoms with E-state index < -0.39 is 0 Å². The summed E-state index contributed by atoms with van der Waals surface area (Å²) in [5.74, 6) is 0.0778. The molecule has 0 fully saturated rings. The maximum Gasteiger partial charge on any atom is 0.211 e. The second-order valence-corrected chi connectivity index (χ2v) is 4.16. The first-order chi connectivity index (χ1) is 8.22. The van der Waals surface area contributed by atoms with Crippen LogP contribution < -0.4 is 0 Å². The molecule has 0 spiro atoms. The Balaban J connectivity index is 2.28. The zero-order chi connectivity index (χ0) is 12.3. The fourth-order valence-corrected chi connectivity index (χ4v) is 1.97. The number of aromatic hydroxyl groups is 1. The zero-order valence-electron chi connectivity index (χ0n) is 10.3. The molecule has 90 valence electrons. The van der Waals surface area contributed by atoms with Gasteiger partial charge in [0.05, 0.1) is 5.52 Å². The van der Waals surface area contributed by atoms with Gasteiger partial charge in [-0.2, -0.15) is 0 Å². The van der Waals surface area contributed by atoms with Gasteiger partial charge in [-0.15, -0.1) is 0 Å². The van der Waals surface area contributed by atoms with Crippen LogP contribution in [0.3, 0.4) is 0 Å². The molecular formula is C14H18N2O. The lowest BCUT2D eigenvalue weighted by Gasteiger charge is -2.18. The number of rotatable bonds is 4. The molecule has 1 heterocycles. The van der Waals surface area contributed by atoms with E-state index in [4.69, 9.17) is 0 Å². The van der Waals surface area contributed by atoms with Crippen LogP contribution in [0.2, 0.25) is 0 Å². The maximum atomic E-state index is 9.30. The van der Waals surface area contributed by atoms with Gasteiger partial charge in [0.1, 0.15) is 0 Å². The standard InChI is InChI=1S/C14H18N2O/c1-3-16(4-2)10-11-5-7-13-12(9-11)6-8-14(17)15-13/h5-9H,3-4,10H2,1-2H3,(H,15,17). The molecule has 1 aromatic carbocycles. The van der Waals surface area contributed by atoms with Gasteiger partial charge in [-0.25, -0.2) is 4.98 Å². The van der Waals surface area contributed by atoms with E-state index in [1.54, 1.807) is 6.07 Å². The van der Waals surface area contributed by atoms with E-state index in [9.17, 15) is 5.11 Å². The zero-order valence-corrected chi connectivity index (χ0v) is 10.3. The quantitative estimate of drug-likeness (QED) is 0.877. The lowest BCUT2D eigenvalue weighted by atomic mass is 10.1. The average molecular weight is 230 g/mol. The van der Waals surface area contributed by atoms with Crippen LogP contribution in [0.1, 0.15) is 19.4 Å². The molecule has 17 heavy (non-hydrogen) atoms. The molecule has 0 aliphatic heterocycles. The second kappa shape index (κ2) is 5.15. The fraction of sp³-hybridized carbons (Fsp3) is 0.357. The van der Waals surface area contributed by atoms with Crippen molar-refractivity contribution < 1.29 is 5.11 Å². The van der Waals surface area contributed by atoms with Gasteiger partial charge in [0.25, 0.3) is 0 Å². The number of nitrogens with zero attached hydrogens (tertiary/aromatic N) is 2. The fourth-order valence-electron chi connectivity index (χ4n) is 1.97. The summed E-state index contributed by atoms with van der Waals surface area (Å²) in [7, 11) is 0. The minimum Gasteiger partial charge on any atom is -0.493 e. The molecule has 0 saturated carbocycles. The SMILES string of the molecule is CCN(CC)Cc1ccc2nc(O)ccc2c1. The molecule has 0 unspecified atom stereocenters. The van der Waals surface area contributed by atoms with E-state index in [-0.39, 0.29) is 5.88 Å². The van der Waals surface area contributed by atoms with E-state index in [2.05, 4.69) is 35.9 Å². The van der Waals surface area contributed by atoms with Crippen molar-refractivity contribution in [3.05, 3.63) is 35.9 Å². The maximum absolute atomic E-state index is 9.30. The molecule has 3 heteroatoms. The summed E-state index contributed by atoms with van der Waals surface area (Å²) in [6.45, 7) is 7.42. The van der Waals surface area contributed by atoms with Gasteiger partial charge in [0.2, 0.25) is 5.88 Å². The number of aromatic nitrogens is 1. The summed E-state index contributed by atoms with van der Waals surface area (Å²) in [4.78, 5) is 6.45. The Labute approximate surface area is 102 Å². The molecular weight excluding hydrogens is 212 g/mol. The monoisotopic (exact) mass is 230 g/mol. The number of benzene rings is 1. The third-order valence-corrected chi connectivity index (χ3v) is 3.04. The Morgan fingerprint density at radius 1 is 1.12 bits per heavy atom. The van der Waals surface area contributed by atoms with Crippen molar-refractivity contribution in [2.45, 2.75) is 20.4 Å². The summed E-state index contributed by atoms with van der Waals surface area (Å²) in [6.07, 6.45) is 0. The van der Waals surface area contributed by atoms with E-state index in [1.807, 2.05) is 12.1 Å². The number of hydrogen-bond acceptors (Lipinski definition) is 3. The van der Waals surface area contributed by atoms with E-state index in [1.165, 1.54) is 5.56 Å². The van der Waals surface area contributed by atoms with Crippen molar-refractivity contribution in [3.63, 3.8) is 0 Å². The van der Waals surface area contributed by atoms with Crippen LogP contribution in [0.15, 0.2) is 30.3 Å². The lowest BCUT2D eigenvalue weighted by molar-refractivity contribution is 0.296. The van der Waals surface area contributed by atoms with Crippen molar-refractivity contribution in [2.24, 2.45) is 0 Å². The first-order valence-corrected chi connectivity index (χ1v) is 6.04. The Morgan fingerprint density at radius 3 is 2.59 bits per heavy atom. The van der Waals surface area contributed by atoms with Gasteiger partial charge in [-0.05, 0) is 36.9 Å². The number of hydrogen-bond donors (Lipinski definition) is 1. The van der Waals surface area contributed by atoms with Gasteiger partial charge >= 0.3 is 0 Å². The van der Waals surface area contributed by atoms with Crippen LogP contribution in [-0.2, 0) is 6.54 Å². The third-order valence-electron chi connectivity index (χ3n) is 3.04. The van der Waals surface area contributed by atoms with Crippen molar-refractivity contribution in [1.82, 2.24) is 9.88 Å². The topological polar surface area (TPSA) is 36.4 Å². The van der Waals surface area contributed by atoms with Gasteiger partial charge in [-0.1, -0.05) is 19.9 Å². The normalized spacial score (nSPS) is 11.2.